The number of rotatable bonds is 5. The van der Waals surface area contributed by atoms with E-state index in [0.717, 1.165) is 17.5 Å². The molecule has 0 spiro atoms. The largest absolute Gasteiger partial charge is 0.380 e. The van der Waals surface area contributed by atoms with Gasteiger partial charge in [-0.3, -0.25) is 0 Å². The number of ether oxygens (including phenoxy) is 1. The summed E-state index contributed by atoms with van der Waals surface area (Å²) in [5.74, 6) is -0.180. The highest BCUT2D eigenvalue weighted by atomic mass is 19.1. The first-order valence-corrected chi connectivity index (χ1v) is 5.53. The van der Waals surface area contributed by atoms with E-state index in [1.165, 1.54) is 6.07 Å². The molecule has 1 aromatic carbocycles. The van der Waals surface area contributed by atoms with Crippen molar-refractivity contribution >= 4 is 0 Å². The lowest BCUT2D eigenvalue weighted by Crippen LogP contribution is -2.39. The molecular formula is C13H20FNO. The van der Waals surface area contributed by atoms with Crippen molar-refractivity contribution in [3.8, 4) is 0 Å². The summed E-state index contributed by atoms with van der Waals surface area (Å²) in [5, 5.41) is 3.20. The smallest absolute Gasteiger partial charge is 0.123 e. The maximum Gasteiger partial charge on any atom is 0.123 e. The van der Waals surface area contributed by atoms with Crippen molar-refractivity contribution in [3.63, 3.8) is 0 Å². The Morgan fingerprint density at radius 1 is 1.44 bits per heavy atom. The van der Waals surface area contributed by atoms with Crippen LogP contribution in [-0.4, -0.2) is 26.3 Å². The summed E-state index contributed by atoms with van der Waals surface area (Å²) in [5.41, 5.74) is 2.15. The van der Waals surface area contributed by atoms with E-state index < -0.39 is 0 Å². The second-order valence-electron chi connectivity index (χ2n) is 4.11. The molecule has 0 saturated carbocycles. The molecule has 0 amide bonds. The van der Waals surface area contributed by atoms with Crippen LogP contribution in [0.25, 0.3) is 0 Å². The van der Waals surface area contributed by atoms with Gasteiger partial charge >= 0.3 is 0 Å². The van der Waals surface area contributed by atoms with Gasteiger partial charge in [-0.25, -0.2) is 4.39 Å². The van der Waals surface area contributed by atoms with Crippen LogP contribution in [0.5, 0.6) is 0 Å². The van der Waals surface area contributed by atoms with Crippen LogP contribution in [0.4, 0.5) is 4.39 Å². The quantitative estimate of drug-likeness (QED) is 0.830. The molecule has 0 aromatic heterocycles. The second kappa shape index (κ2) is 5.97. The van der Waals surface area contributed by atoms with Crippen LogP contribution in [0, 0.1) is 12.7 Å². The molecule has 1 aromatic rings. The molecule has 1 rings (SSSR count). The predicted octanol–water partition coefficient (Wildman–Crippen LogP) is 2.30. The molecule has 2 nitrogen and oxygen atoms in total. The van der Waals surface area contributed by atoms with E-state index in [2.05, 4.69) is 5.32 Å². The molecule has 2 unspecified atom stereocenters. The van der Waals surface area contributed by atoms with Crippen LogP contribution in [0.15, 0.2) is 18.2 Å². The highest BCUT2D eigenvalue weighted by molar-refractivity contribution is 5.27. The highest BCUT2D eigenvalue weighted by Crippen LogP contribution is 2.14. The first-order chi connectivity index (χ1) is 7.58. The number of nitrogens with one attached hydrogen (secondary N) is 1. The summed E-state index contributed by atoms with van der Waals surface area (Å²) in [4.78, 5) is 0. The van der Waals surface area contributed by atoms with Crippen molar-refractivity contribution in [2.75, 3.05) is 14.2 Å². The van der Waals surface area contributed by atoms with Gasteiger partial charge in [-0.1, -0.05) is 6.07 Å². The Labute approximate surface area is 96.8 Å². The normalized spacial score (nSPS) is 14.8. The predicted molar refractivity (Wildman–Crippen MR) is 64.2 cm³/mol. The molecule has 0 aliphatic rings. The molecule has 0 aliphatic carbocycles. The van der Waals surface area contributed by atoms with Gasteiger partial charge in [0, 0.05) is 13.2 Å². The minimum Gasteiger partial charge on any atom is -0.380 e. The van der Waals surface area contributed by atoms with Crippen LogP contribution in [0.1, 0.15) is 18.1 Å². The first-order valence-electron chi connectivity index (χ1n) is 5.53. The van der Waals surface area contributed by atoms with Crippen molar-refractivity contribution in [3.05, 3.63) is 35.1 Å². The molecule has 0 heterocycles. The third kappa shape index (κ3) is 3.29. The summed E-state index contributed by atoms with van der Waals surface area (Å²) in [6, 6.07) is 5.11. The third-order valence-electron chi connectivity index (χ3n) is 3.06. The molecule has 0 radical (unpaired) electrons. The van der Waals surface area contributed by atoms with Crippen molar-refractivity contribution < 1.29 is 9.13 Å². The Morgan fingerprint density at radius 3 is 2.69 bits per heavy atom. The standard InChI is InChI=1S/C13H20FNO/c1-9-5-6-12(14)7-11(9)8-13(15-3)10(2)16-4/h5-7,10,13,15H,8H2,1-4H3. The van der Waals surface area contributed by atoms with Gasteiger partial charge in [0.2, 0.25) is 0 Å². The van der Waals surface area contributed by atoms with Gasteiger partial charge in [0.15, 0.2) is 0 Å². The van der Waals surface area contributed by atoms with Crippen LogP contribution in [-0.2, 0) is 11.2 Å². The first kappa shape index (κ1) is 13.1. The van der Waals surface area contributed by atoms with Gasteiger partial charge < -0.3 is 10.1 Å². The number of hydrogen-bond acceptors (Lipinski definition) is 2. The van der Waals surface area contributed by atoms with Crippen molar-refractivity contribution in [2.24, 2.45) is 0 Å². The maximum absolute atomic E-state index is 13.1. The van der Waals surface area contributed by atoms with Gasteiger partial charge in [-0.05, 0) is 50.6 Å². The number of benzene rings is 1. The number of halogens is 1. The molecular weight excluding hydrogens is 205 g/mol. The molecule has 0 saturated heterocycles. The average molecular weight is 225 g/mol. The molecule has 3 heteroatoms. The van der Waals surface area contributed by atoms with Crippen molar-refractivity contribution in [1.82, 2.24) is 5.32 Å². The van der Waals surface area contributed by atoms with E-state index in [1.54, 1.807) is 13.2 Å². The SMILES string of the molecule is CNC(Cc1cc(F)ccc1C)C(C)OC. The maximum atomic E-state index is 13.1. The fourth-order valence-corrected chi connectivity index (χ4v) is 1.76. The molecule has 0 fully saturated rings. The van der Waals surface area contributed by atoms with Gasteiger partial charge in [0.05, 0.1) is 6.10 Å². The minimum atomic E-state index is -0.180. The summed E-state index contributed by atoms with van der Waals surface area (Å²) < 4.78 is 18.4. The molecule has 1 N–H and O–H groups in total. The average Bonchev–Trinajstić information content (AvgIpc) is 2.29. The molecule has 2 atom stereocenters. The van der Waals surface area contributed by atoms with E-state index >= 15 is 0 Å². The lowest BCUT2D eigenvalue weighted by molar-refractivity contribution is 0.0856. The number of methoxy groups -OCH3 is 1. The topological polar surface area (TPSA) is 21.3 Å². The van der Waals surface area contributed by atoms with E-state index in [4.69, 9.17) is 4.74 Å². The van der Waals surface area contributed by atoms with Crippen LogP contribution >= 0.6 is 0 Å². The fourth-order valence-electron chi connectivity index (χ4n) is 1.76. The van der Waals surface area contributed by atoms with Crippen LogP contribution in [0.3, 0.4) is 0 Å². The van der Waals surface area contributed by atoms with E-state index in [9.17, 15) is 4.39 Å². The van der Waals surface area contributed by atoms with E-state index in [0.29, 0.717) is 0 Å². The van der Waals surface area contributed by atoms with Crippen molar-refractivity contribution in [1.29, 1.82) is 0 Å². The number of likely N-dealkylation sites (N-methyl/N-ethyl adjacent to an activating group) is 1. The number of hydrogen-bond donors (Lipinski definition) is 1. The fraction of sp³-hybridized carbons (Fsp3) is 0.538. The molecule has 90 valence electrons. The molecule has 0 aliphatic heterocycles. The zero-order chi connectivity index (χ0) is 12.1. The van der Waals surface area contributed by atoms with Gasteiger partial charge in [0.25, 0.3) is 0 Å². The Bertz CT molecular complexity index is 341. The number of aryl methyl sites for hydroxylation is 1. The zero-order valence-corrected chi connectivity index (χ0v) is 10.4. The third-order valence-corrected chi connectivity index (χ3v) is 3.06. The Balaban J connectivity index is 2.81. The molecule has 16 heavy (non-hydrogen) atoms. The van der Waals surface area contributed by atoms with E-state index in [1.807, 2.05) is 27.0 Å². The highest BCUT2D eigenvalue weighted by Gasteiger charge is 2.16. The van der Waals surface area contributed by atoms with Crippen LogP contribution < -0.4 is 5.32 Å². The van der Waals surface area contributed by atoms with Gasteiger partial charge in [-0.15, -0.1) is 0 Å². The monoisotopic (exact) mass is 225 g/mol. The minimum absolute atomic E-state index is 0.104. The van der Waals surface area contributed by atoms with Gasteiger partial charge in [-0.2, -0.15) is 0 Å². The Kier molecular flexibility index (Phi) is 4.90. The second-order valence-corrected chi connectivity index (χ2v) is 4.11. The van der Waals surface area contributed by atoms with Crippen molar-refractivity contribution in [2.45, 2.75) is 32.4 Å². The molecule has 0 bridgehead atoms. The summed E-state index contributed by atoms with van der Waals surface area (Å²) in [6.45, 7) is 4.01. The van der Waals surface area contributed by atoms with E-state index in [-0.39, 0.29) is 18.0 Å². The Hall–Kier alpha value is -0.930. The summed E-state index contributed by atoms with van der Waals surface area (Å²) >= 11 is 0. The summed E-state index contributed by atoms with van der Waals surface area (Å²) in [7, 11) is 3.59. The lowest BCUT2D eigenvalue weighted by atomic mass is 9.98. The Morgan fingerprint density at radius 2 is 2.12 bits per heavy atom. The van der Waals surface area contributed by atoms with Gasteiger partial charge in [0.1, 0.15) is 5.82 Å². The van der Waals surface area contributed by atoms with Crippen LogP contribution in [0.2, 0.25) is 0 Å². The lowest BCUT2D eigenvalue weighted by Gasteiger charge is -2.23. The zero-order valence-electron chi connectivity index (χ0n) is 10.4. The summed E-state index contributed by atoms with van der Waals surface area (Å²) in [6.07, 6.45) is 0.877.